The van der Waals surface area contributed by atoms with E-state index in [1.807, 2.05) is 24.3 Å². The van der Waals surface area contributed by atoms with Gasteiger partial charge in [-0.3, -0.25) is 4.98 Å². The van der Waals surface area contributed by atoms with Crippen molar-refractivity contribution in [2.75, 3.05) is 11.5 Å². The highest BCUT2D eigenvalue weighted by atomic mass is 15.0. The molecule has 1 aromatic carbocycles. The average molecular weight is 237 g/mol. The molecule has 0 aliphatic heterocycles. The molecule has 0 unspecified atom stereocenters. The van der Waals surface area contributed by atoms with Crippen LogP contribution in [0.5, 0.6) is 0 Å². The summed E-state index contributed by atoms with van der Waals surface area (Å²) in [6.45, 7) is 0. The van der Waals surface area contributed by atoms with Crippen molar-refractivity contribution in [1.29, 1.82) is 0 Å². The zero-order valence-corrected chi connectivity index (χ0v) is 9.54. The largest absolute Gasteiger partial charge is 0.384 e. The zero-order valence-electron chi connectivity index (χ0n) is 9.54. The van der Waals surface area contributed by atoms with Gasteiger partial charge in [0.2, 0.25) is 5.95 Å². The monoisotopic (exact) mass is 237 g/mol. The van der Waals surface area contributed by atoms with Crippen LogP contribution in [-0.4, -0.2) is 15.0 Å². The summed E-state index contributed by atoms with van der Waals surface area (Å²) in [6.07, 6.45) is 3.56. The number of nitrogens with zero attached hydrogens (tertiary/aromatic N) is 3. The molecule has 0 aliphatic carbocycles. The van der Waals surface area contributed by atoms with Crippen LogP contribution in [0.15, 0.2) is 42.7 Å². The van der Waals surface area contributed by atoms with Crippen molar-refractivity contribution >= 4 is 22.5 Å². The summed E-state index contributed by atoms with van der Waals surface area (Å²) < 4.78 is 0. The molecule has 0 aliphatic rings. The van der Waals surface area contributed by atoms with Crippen LogP contribution in [0.1, 0.15) is 0 Å². The van der Waals surface area contributed by atoms with Crippen molar-refractivity contribution in [3.05, 3.63) is 42.7 Å². The molecular formula is C13H11N5. The van der Waals surface area contributed by atoms with Crippen LogP contribution in [0.4, 0.5) is 11.8 Å². The zero-order chi connectivity index (χ0) is 12.5. The molecule has 88 valence electrons. The van der Waals surface area contributed by atoms with Crippen molar-refractivity contribution in [3.63, 3.8) is 0 Å². The summed E-state index contributed by atoms with van der Waals surface area (Å²) in [4.78, 5) is 12.2. The Balaban J connectivity index is 2.31. The number of fused-ring (bicyclic) bond motifs is 1. The second-order valence-electron chi connectivity index (χ2n) is 3.94. The lowest BCUT2D eigenvalue weighted by atomic mass is 10.0. The third-order valence-electron chi connectivity index (χ3n) is 2.72. The fourth-order valence-electron chi connectivity index (χ4n) is 1.96. The van der Waals surface area contributed by atoms with Crippen molar-refractivity contribution in [3.8, 4) is 11.3 Å². The molecule has 0 atom stereocenters. The number of benzene rings is 1. The van der Waals surface area contributed by atoms with E-state index in [1.54, 1.807) is 18.5 Å². The second-order valence-corrected chi connectivity index (χ2v) is 3.94. The van der Waals surface area contributed by atoms with Gasteiger partial charge in [0, 0.05) is 29.4 Å². The molecule has 0 fully saturated rings. The second kappa shape index (κ2) is 3.96. The van der Waals surface area contributed by atoms with E-state index in [0.29, 0.717) is 11.5 Å². The van der Waals surface area contributed by atoms with Gasteiger partial charge in [0.1, 0.15) is 5.82 Å². The van der Waals surface area contributed by atoms with Gasteiger partial charge in [-0.2, -0.15) is 4.98 Å². The number of aromatic nitrogens is 3. The van der Waals surface area contributed by atoms with Crippen LogP contribution >= 0.6 is 0 Å². The predicted molar refractivity (Wildman–Crippen MR) is 71.6 cm³/mol. The molecule has 0 bridgehead atoms. The van der Waals surface area contributed by atoms with Crippen molar-refractivity contribution in [2.24, 2.45) is 0 Å². The van der Waals surface area contributed by atoms with Gasteiger partial charge >= 0.3 is 0 Å². The predicted octanol–water partition coefficient (Wildman–Crippen LogP) is 1.86. The molecule has 5 nitrogen and oxygen atoms in total. The van der Waals surface area contributed by atoms with Gasteiger partial charge in [0.15, 0.2) is 0 Å². The maximum atomic E-state index is 5.69. The third kappa shape index (κ3) is 1.71. The van der Waals surface area contributed by atoms with E-state index in [2.05, 4.69) is 15.0 Å². The number of hydrogen-bond acceptors (Lipinski definition) is 5. The maximum Gasteiger partial charge on any atom is 0.222 e. The number of nitrogens with two attached hydrogens (primary N) is 2. The van der Waals surface area contributed by atoms with E-state index in [4.69, 9.17) is 11.5 Å². The van der Waals surface area contributed by atoms with Gasteiger partial charge in [-0.05, 0) is 11.5 Å². The van der Waals surface area contributed by atoms with E-state index < -0.39 is 0 Å². The topological polar surface area (TPSA) is 90.7 Å². The van der Waals surface area contributed by atoms with E-state index in [1.165, 1.54) is 0 Å². The molecular weight excluding hydrogens is 226 g/mol. The van der Waals surface area contributed by atoms with Crippen molar-refractivity contribution in [2.45, 2.75) is 0 Å². The Bertz CT molecular complexity index is 698. The van der Waals surface area contributed by atoms with E-state index in [0.717, 1.165) is 16.3 Å². The number of pyridine rings is 1. The van der Waals surface area contributed by atoms with E-state index in [9.17, 15) is 0 Å². The summed E-state index contributed by atoms with van der Waals surface area (Å²) in [7, 11) is 0. The van der Waals surface area contributed by atoms with E-state index >= 15 is 0 Å². The number of rotatable bonds is 1. The highest BCUT2D eigenvalue weighted by molar-refractivity contribution is 5.95. The normalized spacial score (nSPS) is 10.7. The molecule has 0 saturated carbocycles. The summed E-state index contributed by atoms with van der Waals surface area (Å²) in [6, 6.07) is 9.61. The fourth-order valence-corrected chi connectivity index (χ4v) is 1.96. The molecule has 2 aromatic heterocycles. The number of hydrogen-bond donors (Lipinski definition) is 2. The van der Waals surface area contributed by atoms with Crippen LogP contribution in [0, 0.1) is 0 Å². The van der Waals surface area contributed by atoms with E-state index in [-0.39, 0.29) is 5.95 Å². The molecule has 18 heavy (non-hydrogen) atoms. The van der Waals surface area contributed by atoms with Gasteiger partial charge in [-0.15, -0.1) is 0 Å². The summed E-state index contributed by atoms with van der Waals surface area (Å²) in [5.41, 5.74) is 13.0. The maximum absolute atomic E-state index is 5.69. The first-order valence-electron chi connectivity index (χ1n) is 5.47. The SMILES string of the molecule is Nc1cc(-c2cccc3ccncc23)nc(N)n1. The van der Waals surface area contributed by atoms with Gasteiger partial charge < -0.3 is 11.5 Å². The third-order valence-corrected chi connectivity index (χ3v) is 2.72. The highest BCUT2D eigenvalue weighted by Crippen LogP contribution is 2.27. The summed E-state index contributed by atoms with van der Waals surface area (Å²) >= 11 is 0. The lowest BCUT2D eigenvalue weighted by Gasteiger charge is -2.06. The molecule has 3 rings (SSSR count). The quantitative estimate of drug-likeness (QED) is 0.674. The smallest absolute Gasteiger partial charge is 0.222 e. The Hall–Kier alpha value is -2.69. The molecule has 4 N–H and O–H groups in total. The Kier molecular flexibility index (Phi) is 2.30. The summed E-state index contributed by atoms with van der Waals surface area (Å²) in [5.74, 6) is 0.532. The standard InChI is InChI=1S/C13H11N5/c14-12-6-11(17-13(15)18-12)9-3-1-2-8-4-5-16-7-10(8)9/h1-7H,(H4,14,15,17,18). The van der Waals surface area contributed by atoms with Gasteiger partial charge in [-0.1, -0.05) is 18.2 Å². The van der Waals surface area contributed by atoms with Crippen LogP contribution < -0.4 is 11.5 Å². The molecule has 0 saturated heterocycles. The van der Waals surface area contributed by atoms with Crippen molar-refractivity contribution in [1.82, 2.24) is 15.0 Å². The Labute approximate surface area is 104 Å². The Morgan fingerprint density at radius 1 is 1.00 bits per heavy atom. The first-order chi connectivity index (χ1) is 8.74. The first kappa shape index (κ1) is 10.5. The van der Waals surface area contributed by atoms with Crippen LogP contribution in [0.25, 0.3) is 22.0 Å². The number of nitrogen functional groups attached to an aromatic ring is 2. The van der Waals surface area contributed by atoms with Crippen LogP contribution in [0.3, 0.4) is 0 Å². The van der Waals surface area contributed by atoms with Crippen molar-refractivity contribution < 1.29 is 0 Å². The Morgan fingerprint density at radius 2 is 1.89 bits per heavy atom. The minimum Gasteiger partial charge on any atom is -0.384 e. The summed E-state index contributed by atoms with van der Waals surface area (Å²) in [5, 5.41) is 2.11. The minimum absolute atomic E-state index is 0.172. The molecule has 2 heterocycles. The molecule has 0 spiro atoms. The van der Waals surface area contributed by atoms with Crippen LogP contribution in [0.2, 0.25) is 0 Å². The molecule has 3 aromatic rings. The fraction of sp³-hybridized carbons (Fsp3) is 0. The average Bonchev–Trinajstić information content (AvgIpc) is 2.37. The lowest BCUT2D eigenvalue weighted by molar-refractivity contribution is 1.20. The number of anilines is 2. The van der Waals surface area contributed by atoms with Crippen LogP contribution in [-0.2, 0) is 0 Å². The Morgan fingerprint density at radius 3 is 2.72 bits per heavy atom. The molecule has 0 amide bonds. The van der Waals surface area contributed by atoms with Gasteiger partial charge in [0.25, 0.3) is 0 Å². The molecule has 0 radical (unpaired) electrons. The van der Waals surface area contributed by atoms with Gasteiger partial charge in [0.05, 0.1) is 5.69 Å². The lowest BCUT2D eigenvalue weighted by Crippen LogP contribution is -2.00. The van der Waals surface area contributed by atoms with Gasteiger partial charge in [-0.25, -0.2) is 4.98 Å². The first-order valence-corrected chi connectivity index (χ1v) is 5.47. The minimum atomic E-state index is 0.172. The highest BCUT2D eigenvalue weighted by Gasteiger charge is 2.07. The molecule has 5 heteroatoms.